The van der Waals surface area contributed by atoms with Crippen LogP contribution in [0, 0.1) is 11.8 Å². The van der Waals surface area contributed by atoms with Crippen LogP contribution in [0.5, 0.6) is 0 Å². The van der Waals surface area contributed by atoms with E-state index >= 15 is 0 Å². The fourth-order valence-electron chi connectivity index (χ4n) is 2.32. The second-order valence-corrected chi connectivity index (χ2v) is 3.95. The Hall–Kier alpha value is -0.520. The highest BCUT2D eigenvalue weighted by Gasteiger charge is 2.24. The molecule has 0 nitrogen and oxygen atoms in total. The van der Waals surface area contributed by atoms with Crippen LogP contribution in [0.15, 0.2) is 23.8 Å². The molecule has 68 valence electrons. The summed E-state index contributed by atoms with van der Waals surface area (Å²) in [5.74, 6) is 1.95. The van der Waals surface area contributed by atoms with Crippen LogP contribution in [0.2, 0.25) is 0 Å². The van der Waals surface area contributed by atoms with Crippen LogP contribution < -0.4 is 0 Å². The van der Waals surface area contributed by atoms with Gasteiger partial charge in [-0.05, 0) is 44.4 Å². The van der Waals surface area contributed by atoms with Crippen LogP contribution in [-0.2, 0) is 0 Å². The maximum absolute atomic E-state index is 2.43. The molecule has 2 unspecified atom stereocenters. The molecule has 12 heavy (non-hydrogen) atoms. The highest BCUT2D eigenvalue weighted by molar-refractivity contribution is 5.09. The maximum atomic E-state index is 2.43. The molecule has 0 saturated carbocycles. The molecule has 0 bridgehead atoms. The van der Waals surface area contributed by atoms with E-state index in [0.29, 0.717) is 0 Å². The molecule has 0 spiro atoms. The Balaban J connectivity index is 0.000000720. The van der Waals surface area contributed by atoms with Gasteiger partial charge in [0.1, 0.15) is 0 Å². The highest BCUT2D eigenvalue weighted by atomic mass is 14.3. The zero-order valence-corrected chi connectivity index (χ0v) is 7.22. The Morgan fingerprint density at radius 1 is 1.08 bits per heavy atom. The average Bonchev–Trinajstić information content (AvgIpc) is 2.04. The minimum atomic E-state index is 0. The normalized spacial score (nSPS) is 33.2. The van der Waals surface area contributed by atoms with E-state index in [4.69, 9.17) is 0 Å². The van der Waals surface area contributed by atoms with E-state index in [2.05, 4.69) is 25.2 Å². The van der Waals surface area contributed by atoms with Crippen LogP contribution in [0.3, 0.4) is 0 Å². The molecule has 0 aliphatic heterocycles. The fraction of sp³-hybridized carbons (Fsp3) is 0.667. The van der Waals surface area contributed by atoms with Gasteiger partial charge in [-0.25, -0.2) is 0 Å². The lowest BCUT2D eigenvalue weighted by Crippen LogP contribution is -2.19. The molecule has 2 aliphatic carbocycles. The number of hydrogen-bond acceptors (Lipinski definition) is 0. The molecule has 2 rings (SSSR count). The Kier molecular flexibility index (Phi) is 3.13. The minimum Gasteiger partial charge on any atom is -0.0882 e. The largest absolute Gasteiger partial charge is 0.0882 e. The molecule has 0 aromatic rings. The number of rotatable bonds is 0. The van der Waals surface area contributed by atoms with Crippen LogP contribution in [-0.4, -0.2) is 0 Å². The minimum absolute atomic E-state index is 0. The summed E-state index contributed by atoms with van der Waals surface area (Å²) in [6.45, 7) is 2.27. The van der Waals surface area contributed by atoms with Gasteiger partial charge in [-0.2, -0.15) is 0 Å². The molecular weight excluding hydrogens is 144 g/mol. The Labute approximate surface area is 76.4 Å². The van der Waals surface area contributed by atoms with Crippen LogP contribution in [0.25, 0.3) is 0 Å². The van der Waals surface area contributed by atoms with E-state index in [0.717, 1.165) is 11.8 Å². The molecule has 0 amide bonds. The van der Waals surface area contributed by atoms with Crippen LogP contribution >= 0.6 is 0 Å². The number of allylic oxidation sites excluding steroid dienone is 4. The van der Waals surface area contributed by atoms with E-state index in [1.807, 2.05) is 0 Å². The molecule has 0 N–H and O–H groups in total. The molecule has 0 aromatic heterocycles. The standard InChI is InChI=1S/C11H16.CH4/c1-9-6-7-10-4-2-3-5-11(10)8-9;/h2-3,6,10-11H,4-5,7-8H2,1H3;1H4. The highest BCUT2D eigenvalue weighted by Crippen LogP contribution is 2.36. The van der Waals surface area contributed by atoms with Crippen molar-refractivity contribution in [3.05, 3.63) is 23.8 Å². The van der Waals surface area contributed by atoms with Crippen molar-refractivity contribution >= 4 is 0 Å². The zero-order valence-electron chi connectivity index (χ0n) is 7.22. The number of fused-ring (bicyclic) bond motifs is 1. The van der Waals surface area contributed by atoms with Gasteiger partial charge in [0.15, 0.2) is 0 Å². The summed E-state index contributed by atoms with van der Waals surface area (Å²) >= 11 is 0. The van der Waals surface area contributed by atoms with Crippen molar-refractivity contribution in [3.8, 4) is 0 Å². The summed E-state index contributed by atoms with van der Waals surface area (Å²) in [5, 5.41) is 0. The first-order valence-electron chi connectivity index (χ1n) is 4.67. The van der Waals surface area contributed by atoms with E-state index in [1.165, 1.54) is 25.7 Å². The molecule has 0 fully saturated rings. The van der Waals surface area contributed by atoms with Gasteiger partial charge in [0.05, 0.1) is 0 Å². The molecule has 0 heterocycles. The van der Waals surface area contributed by atoms with Crippen molar-refractivity contribution in [2.24, 2.45) is 11.8 Å². The quantitative estimate of drug-likeness (QED) is 0.476. The average molecular weight is 164 g/mol. The second kappa shape index (κ2) is 3.93. The van der Waals surface area contributed by atoms with Crippen molar-refractivity contribution in [3.63, 3.8) is 0 Å². The Bertz CT molecular complexity index is 198. The SMILES string of the molecule is C.CC1=CCC2CC=CCC2C1. The summed E-state index contributed by atoms with van der Waals surface area (Å²) in [4.78, 5) is 0. The van der Waals surface area contributed by atoms with Crippen molar-refractivity contribution in [1.82, 2.24) is 0 Å². The van der Waals surface area contributed by atoms with Crippen molar-refractivity contribution < 1.29 is 0 Å². The maximum Gasteiger partial charge on any atom is -0.0289 e. The smallest absolute Gasteiger partial charge is 0.0289 e. The van der Waals surface area contributed by atoms with Gasteiger partial charge in [-0.15, -0.1) is 0 Å². The third-order valence-corrected chi connectivity index (χ3v) is 3.06. The van der Waals surface area contributed by atoms with Gasteiger partial charge in [-0.3, -0.25) is 0 Å². The lowest BCUT2D eigenvalue weighted by atomic mass is 9.74. The first kappa shape index (κ1) is 9.57. The molecule has 0 heteroatoms. The predicted octanol–water partition coefficient (Wildman–Crippen LogP) is 3.95. The zero-order chi connectivity index (χ0) is 7.68. The monoisotopic (exact) mass is 164 g/mol. The van der Waals surface area contributed by atoms with Gasteiger partial charge in [0, 0.05) is 0 Å². The summed E-state index contributed by atoms with van der Waals surface area (Å²) < 4.78 is 0. The van der Waals surface area contributed by atoms with Gasteiger partial charge in [0.25, 0.3) is 0 Å². The Morgan fingerprint density at radius 2 is 1.75 bits per heavy atom. The summed E-state index contributed by atoms with van der Waals surface area (Å²) in [7, 11) is 0. The van der Waals surface area contributed by atoms with Crippen molar-refractivity contribution in [2.75, 3.05) is 0 Å². The molecule has 0 radical (unpaired) electrons. The molecule has 0 aromatic carbocycles. The molecular formula is C12H20. The summed E-state index contributed by atoms with van der Waals surface area (Å²) in [6.07, 6.45) is 12.5. The molecule has 2 atom stereocenters. The first-order valence-corrected chi connectivity index (χ1v) is 4.67. The molecule has 0 saturated heterocycles. The van der Waals surface area contributed by atoms with E-state index in [1.54, 1.807) is 5.57 Å². The van der Waals surface area contributed by atoms with E-state index in [9.17, 15) is 0 Å². The van der Waals surface area contributed by atoms with Gasteiger partial charge >= 0.3 is 0 Å². The third kappa shape index (κ3) is 1.80. The second-order valence-electron chi connectivity index (χ2n) is 3.95. The van der Waals surface area contributed by atoms with Gasteiger partial charge in [0.2, 0.25) is 0 Å². The topological polar surface area (TPSA) is 0 Å². The van der Waals surface area contributed by atoms with Gasteiger partial charge in [-0.1, -0.05) is 31.2 Å². The fourth-order valence-corrected chi connectivity index (χ4v) is 2.32. The summed E-state index contributed by atoms with van der Waals surface area (Å²) in [6, 6.07) is 0. The van der Waals surface area contributed by atoms with E-state index in [-0.39, 0.29) is 7.43 Å². The first-order chi connectivity index (χ1) is 5.36. The van der Waals surface area contributed by atoms with E-state index < -0.39 is 0 Å². The molecule has 2 aliphatic rings. The van der Waals surface area contributed by atoms with Gasteiger partial charge < -0.3 is 0 Å². The van der Waals surface area contributed by atoms with Crippen molar-refractivity contribution in [2.45, 2.75) is 40.0 Å². The lowest BCUT2D eigenvalue weighted by molar-refractivity contribution is 0.307. The van der Waals surface area contributed by atoms with Crippen molar-refractivity contribution in [1.29, 1.82) is 0 Å². The summed E-state index contributed by atoms with van der Waals surface area (Å²) in [5.41, 5.74) is 1.61. The lowest BCUT2D eigenvalue weighted by Gasteiger charge is -2.31. The van der Waals surface area contributed by atoms with Crippen LogP contribution in [0.1, 0.15) is 40.0 Å². The van der Waals surface area contributed by atoms with Crippen LogP contribution in [0.4, 0.5) is 0 Å². The third-order valence-electron chi connectivity index (χ3n) is 3.06. The number of hydrogen-bond donors (Lipinski definition) is 0. The Morgan fingerprint density at radius 3 is 2.50 bits per heavy atom. The predicted molar refractivity (Wildman–Crippen MR) is 55.1 cm³/mol.